The van der Waals surface area contributed by atoms with Gasteiger partial charge in [0, 0.05) is 13.2 Å². The van der Waals surface area contributed by atoms with Crippen LogP contribution in [0.3, 0.4) is 0 Å². The molecule has 0 aromatic carbocycles. The average Bonchev–Trinajstić information content (AvgIpc) is 2.75. The monoisotopic (exact) mass is 442 g/mol. The number of aliphatic hydroxyl groups excluding tert-OH is 8. The highest BCUT2D eigenvalue weighted by Gasteiger charge is 2.44. The fourth-order valence-corrected chi connectivity index (χ4v) is 3.37. The predicted octanol–water partition coefficient (Wildman–Crippen LogP) is -3.82. The van der Waals surface area contributed by atoms with E-state index in [1.165, 1.54) is 0 Å². The molecule has 2 rings (SSSR count). The third kappa shape index (κ3) is 6.51. The third-order valence-corrected chi connectivity index (χ3v) is 5.30. The van der Waals surface area contributed by atoms with Crippen LogP contribution in [0.15, 0.2) is 0 Å². The van der Waals surface area contributed by atoms with Crippen molar-refractivity contribution in [2.45, 2.75) is 87.1 Å². The van der Waals surface area contributed by atoms with E-state index >= 15 is 0 Å². The molecule has 0 aromatic heterocycles. The summed E-state index contributed by atoms with van der Waals surface area (Å²) in [6.07, 6.45) is -10.2. The van der Waals surface area contributed by atoms with Crippen molar-refractivity contribution in [1.82, 2.24) is 0 Å². The Morgan fingerprint density at radius 1 is 0.500 bits per heavy atom. The van der Waals surface area contributed by atoms with Crippen LogP contribution in [0.4, 0.5) is 0 Å². The fraction of sp³-hybridized carbons (Fsp3) is 1.00. The Kier molecular flexibility index (Phi) is 10.8. The molecule has 2 aliphatic heterocycles. The van der Waals surface area contributed by atoms with Gasteiger partial charge >= 0.3 is 0 Å². The van der Waals surface area contributed by atoms with Gasteiger partial charge in [0.25, 0.3) is 0 Å². The molecule has 0 amide bonds. The van der Waals surface area contributed by atoms with Gasteiger partial charge in [0.1, 0.15) is 48.8 Å². The Labute approximate surface area is 174 Å². The van der Waals surface area contributed by atoms with Crippen LogP contribution in [0.5, 0.6) is 0 Å². The highest BCUT2D eigenvalue weighted by Crippen LogP contribution is 2.23. The van der Waals surface area contributed by atoms with E-state index in [0.29, 0.717) is 12.8 Å². The normalized spacial score (nSPS) is 42.4. The van der Waals surface area contributed by atoms with Crippen LogP contribution in [-0.4, -0.2) is 129 Å². The van der Waals surface area contributed by atoms with Gasteiger partial charge in [-0.3, -0.25) is 0 Å². The lowest BCUT2D eigenvalue weighted by molar-refractivity contribution is -0.301. The van der Waals surface area contributed by atoms with Crippen LogP contribution < -0.4 is 0 Å². The van der Waals surface area contributed by atoms with Crippen molar-refractivity contribution in [3.05, 3.63) is 0 Å². The van der Waals surface area contributed by atoms with E-state index in [2.05, 4.69) is 0 Å². The topological polar surface area (TPSA) is 199 Å². The zero-order chi connectivity index (χ0) is 22.3. The minimum atomic E-state index is -1.47. The van der Waals surface area contributed by atoms with E-state index in [-0.39, 0.29) is 13.2 Å². The van der Waals surface area contributed by atoms with Crippen molar-refractivity contribution in [1.29, 1.82) is 0 Å². The smallest absolute Gasteiger partial charge is 0.186 e. The zero-order valence-corrected chi connectivity index (χ0v) is 16.6. The van der Waals surface area contributed by atoms with Gasteiger partial charge in [-0.05, 0) is 12.8 Å². The quantitative estimate of drug-likeness (QED) is 0.145. The minimum Gasteiger partial charge on any atom is -0.394 e. The molecule has 178 valence electrons. The first kappa shape index (κ1) is 25.8. The Bertz CT molecular complexity index is 436. The lowest BCUT2D eigenvalue weighted by Gasteiger charge is -2.39. The molecular formula is C18H34O12. The highest BCUT2D eigenvalue weighted by atomic mass is 16.7. The van der Waals surface area contributed by atoms with E-state index in [0.717, 1.165) is 12.8 Å². The van der Waals surface area contributed by atoms with Crippen molar-refractivity contribution in [3.63, 3.8) is 0 Å². The molecule has 2 fully saturated rings. The van der Waals surface area contributed by atoms with Gasteiger partial charge in [0.2, 0.25) is 0 Å². The van der Waals surface area contributed by atoms with Crippen LogP contribution in [-0.2, 0) is 18.9 Å². The van der Waals surface area contributed by atoms with Crippen LogP contribution in [0.1, 0.15) is 25.7 Å². The van der Waals surface area contributed by atoms with Crippen molar-refractivity contribution in [2.75, 3.05) is 26.4 Å². The number of hydrogen-bond donors (Lipinski definition) is 8. The Morgan fingerprint density at radius 3 is 1.20 bits per heavy atom. The fourth-order valence-electron chi connectivity index (χ4n) is 3.37. The van der Waals surface area contributed by atoms with E-state index < -0.39 is 74.6 Å². The number of hydrogen-bond acceptors (Lipinski definition) is 12. The second-order valence-corrected chi connectivity index (χ2v) is 7.55. The summed E-state index contributed by atoms with van der Waals surface area (Å²) in [6.45, 7) is -0.564. The maximum absolute atomic E-state index is 9.87. The molecule has 0 radical (unpaired) electrons. The second-order valence-electron chi connectivity index (χ2n) is 7.55. The lowest BCUT2D eigenvalue weighted by Crippen LogP contribution is -2.59. The zero-order valence-electron chi connectivity index (χ0n) is 16.6. The minimum absolute atomic E-state index is 0.232. The number of aliphatic hydroxyl groups is 8. The Hall–Kier alpha value is -0.480. The first-order valence-electron chi connectivity index (χ1n) is 10.2. The average molecular weight is 442 g/mol. The molecule has 0 bridgehead atoms. The van der Waals surface area contributed by atoms with Gasteiger partial charge in [-0.15, -0.1) is 0 Å². The Balaban J connectivity index is 1.57. The van der Waals surface area contributed by atoms with Crippen LogP contribution in [0.2, 0.25) is 0 Å². The summed E-state index contributed by atoms with van der Waals surface area (Å²) in [4.78, 5) is 0. The molecule has 12 nitrogen and oxygen atoms in total. The molecule has 0 saturated carbocycles. The number of rotatable bonds is 11. The molecule has 4 unspecified atom stereocenters. The molecular weight excluding hydrogens is 408 g/mol. The lowest BCUT2D eigenvalue weighted by atomic mass is 9.99. The standard InChI is InChI=1S/C18H34O12/c19-7-9-11(21)13(23)15(25)17(29-9)27-5-3-1-2-4-6-28-18-16(26)14(24)12(22)10(8-20)30-18/h9-26H,1-8H2/t9?,10?,11-,12+,13+,14-,15?,16?,17+,18-. The SMILES string of the molecule is OCC1O[C@H](OCCCCCCO[C@@H]2OC(CO)[C@H](O)[C@@H](O)C2O)C(O)[C@@H](O)[C@@H]1O. The molecule has 0 aliphatic carbocycles. The predicted molar refractivity (Wildman–Crippen MR) is 97.9 cm³/mol. The summed E-state index contributed by atoms with van der Waals surface area (Å²) in [5, 5.41) is 76.8. The summed E-state index contributed by atoms with van der Waals surface area (Å²) in [6, 6.07) is 0. The summed E-state index contributed by atoms with van der Waals surface area (Å²) < 4.78 is 21.3. The van der Waals surface area contributed by atoms with Gasteiger partial charge in [-0.2, -0.15) is 0 Å². The number of unbranched alkanes of at least 4 members (excludes halogenated alkanes) is 3. The van der Waals surface area contributed by atoms with Crippen LogP contribution in [0.25, 0.3) is 0 Å². The van der Waals surface area contributed by atoms with E-state index in [9.17, 15) is 30.6 Å². The molecule has 10 atom stereocenters. The van der Waals surface area contributed by atoms with Gasteiger partial charge in [0.15, 0.2) is 12.6 Å². The van der Waals surface area contributed by atoms with E-state index in [1.54, 1.807) is 0 Å². The summed E-state index contributed by atoms with van der Waals surface area (Å²) in [5.74, 6) is 0. The maximum Gasteiger partial charge on any atom is 0.186 e. The molecule has 8 N–H and O–H groups in total. The van der Waals surface area contributed by atoms with Gasteiger partial charge in [0.05, 0.1) is 13.2 Å². The second kappa shape index (κ2) is 12.5. The molecule has 0 aromatic rings. The van der Waals surface area contributed by atoms with Crippen molar-refractivity contribution < 1.29 is 59.8 Å². The van der Waals surface area contributed by atoms with Crippen molar-refractivity contribution in [2.24, 2.45) is 0 Å². The number of ether oxygens (including phenoxy) is 4. The summed E-state index contributed by atoms with van der Waals surface area (Å²) in [7, 11) is 0. The molecule has 0 spiro atoms. The van der Waals surface area contributed by atoms with Crippen molar-refractivity contribution >= 4 is 0 Å². The largest absolute Gasteiger partial charge is 0.394 e. The van der Waals surface area contributed by atoms with Crippen LogP contribution in [0, 0.1) is 0 Å². The highest BCUT2D eigenvalue weighted by molar-refractivity contribution is 4.89. The molecule has 12 heteroatoms. The van der Waals surface area contributed by atoms with Gasteiger partial charge < -0.3 is 59.8 Å². The first-order chi connectivity index (χ1) is 14.3. The third-order valence-electron chi connectivity index (χ3n) is 5.30. The molecule has 2 aliphatic rings. The van der Waals surface area contributed by atoms with E-state index in [4.69, 9.17) is 29.2 Å². The summed E-state index contributed by atoms with van der Waals surface area (Å²) >= 11 is 0. The van der Waals surface area contributed by atoms with Gasteiger partial charge in [-0.1, -0.05) is 12.8 Å². The van der Waals surface area contributed by atoms with Gasteiger partial charge in [-0.25, -0.2) is 0 Å². The van der Waals surface area contributed by atoms with Crippen molar-refractivity contribution in [3.8, 4) is 0 Å². The molecule has 2 heterocycles. The maximum atomic E-state index is 9.87. The van der Waals surface area contributed by atoms with Crippen LogP contribution >= 0.6 is 0 Å². The Morgan fingerprint density at radius 2 is 0.867 bits per heavy atom. The molecule has 2 saturated heterocycles. The first-order valence-corrected chi connectivity index (χ1v) is 10.2. The molecule has 30 heavy (non-hydrogen) atoms. The summed E-state index contributed by atoms with van der Waals surface area (Å²) in [5.41, 5.74) is 0. The van der Waals surface area contributed by atoms with E-state index in [1.807, 2.05) is 0 Å².